The number of amides is 2. The largest absolute Gasteiger partial charge is 0.365 e. The first-order chi connectivity index (χ1) is 12.6. The minimum absolute atomic E-state index is 0.0000749. The van der Waals surface area contributed by atoms with Gasteiger partial charge in [0, 0.05) is 32.4 Å². The summed E-state index contributed by atoms with van der Waals surface area (Å²) in [6, 6.07) is 3.43. The molecule has 3 rings (SSSR count). The summed E-state index contributed by atoms with van der Waals surface area (Å²) < 4.78 is 0. The van der Waals surface area contributed by atoms with Crippen LogP contribution in [0, 0.1) is 0 Å². The van der Waals surface area contributed by atoms with Crippen LogP contribution in [0.4, 0.5) is 5.82 Å². The second-order valence-corrected chi connectivity index (χ2v) is 7.25. The molecule has 2 aliphatic heterocycles. The van der Waals surface area contributed by atoms with Crippen LogP contribution >= 0.6 is 0 Å². The van der Waals surface area contributed by atoms with Crippen molar-refractivity contribution in [3.63, 3.8) is 0 Å². The standard InChI is InChI=1S/C19H29N5O2/c1-22-10-4-2-3-8-16(22)19(26)24-12-6-11-23(13-14-24)18-15(17(20)25)7-5-9-21-18/h5,7,9,16H,2-4,6,8,10-14H2,1H3,(H2,20,25). The SMILES string of the molecule is CN1CCCCCC1C(=O)N1CCCN(c2ncccc2C(N)=O)CC1. The highest BCUT2D eigenvalue weighted by molar-refractivity contribution is 5.97. The summed E-state index contributed by atoms with van der Waals surface area (Å²) in [4.78, 5) is 35.4. The van der Waals surface area contributed by atoms with Gasteiger partial charge < -0.3 is 15.5 Å². The van der Waals surface area contributed by atoms with E-state index >= 15 is 0 Å². The normalized spacial score (nSPS) is 22.6. The van der Waals surface area contributed by atoms with E-state index in [9.17, 15) is 9.59 Å². The number of anilines is 1. The van der Waals surface area contributed by atoms with E-state index < -0.39 is 5.91 Å². The van der Waals surface area contributed by atoms with Crippen LogP contribution in [0.25, 0.3) is 0 Å². The van der Waals surface area contributed by atoms with Gasteiger partial charge in [-0.2, -0.15) is 0 Å². The molecule has 2 saturated heterocycles. The predicted octanol–water partition coefficient (Wildman–Crippen LogP) is 1.09. The molecule has 0 saturated carbocycles. The summed E-state index contributed by atoms with van der Waals surface area (Å²) in [5, 5.41) is 0. The highest BCUT2D eigenvalue weighted by atomic mass is 16.2. The van der Waals surface area contributed by atoms with Gasteiger partial charge in [0.1, 0.15) is 5.82 Å². The van der Waals surface area contributed by atoms with Crippen molar-refractivity contribution in [3.8, 4) is 0 Å². The van der Waals surface area contributed by atoms with Crippen molar-refractivity contribution in [1.29, 1.82) is 0 Å². The summed E-state index contributed by atoms with van der Waals surface area (Å²) >= 11 is 0. The fourth-order valence-corrected chi connectivity index (χ4v) is 3.97. The van der Waals surface area contributed by atoms with Crippen LogP contribution in [0.3, 0.4) is 0 Å². The number of aromatic nitrogens is 1. The van der Waals surface area contributed by atoms with Crippen molar-refractivity contribution >= 4 is 17.6 Å². The molecule has 2 fully saturated rings. The summed E-state index contributed by atoms with van der Waals surface area (Å²) in [5.74, 6) is 0.402. The molecular weight excluding hydrogens is 330 g/mol. The molecule has 142 valence electrons. The molecule has 7 heteroatoms. The number of rotatable bonds is 3. The molecule has 26 heavy (non-hydrogen) atoms. The second kappa shape index (κ2) is 8.49. The van der Waals surface area contributed by atoms with Crippen LogP contribution < -0.4 is 10.6 Å². The van der Waals surface area contributed by atoms with Gasteiger partial charge in [0.05, 0.1) is 11.6 Å². The minimum atomic E-state index is -0.467. The molecule has 0 aliphatic carbocycles. The highest BCUT2D eigenvalue weighted by Gasteiger charge is 2.30. The number of pyridine rings is 1. The maximum Gasteiger partial charge on any atom is 0.252 e. The quantitative estimate of drug-likeness (QED) is 0.874. The first-order valence-corrected chi connectivity index (χ1v) is 9.56. The van der Waals surface area contributed by atoms with Gasteiger partial charge in [-0.3, -0.25) is 14.5 Å². The van der Waals surface area contributed by atoms with Gasteiger partial charge >= 0.3 is 0 Å². The van der Waals surface area contributed by atoms with Gasteiger partial charge in [-0.1, -0.05) is 12.8 Å². The number of likely N-dealkylation sites (tertiary alicyclic amines) is 1. The Morgan fingerprint density at radius 3 is 2.73 bits per heavy atom. The lowest BCUT2D eigenvalue weighted by atomic mass is 10.1. The van der Waals surface area contributed by atoms with Crippen molar-refractivity contribution in [2.45, 2.75) is 38.1 Å². The Kier molecular flexibility index (Phi) is 6.08. The average molecular weight is 359 g/mol. The average Bonchev–Trinajstić information content (AvgIpc) is 3.01. The molecule has 3 heterocycles. The summed E-state index contributed by atoms with van der Waals surface area (Å²) in [7, 11) is 2.06. The van der Waals surface area contributed by atoms with E-state index in [-0.39, 0.29) is 11.9 Å². The minimum Gasteiger partial charge on any atom is -0.365 e. The number of carbonyl (C=O) groups excluding carboxylic acids is 2. The van der Waals surface area contributed by atoms with Gasteiger partial charge in [0.25, 0.3) is 5.91 Å². The maximum absolute atomic E-state index is 13.1. The zero-order valence-corrected chi connectivity index (χ0v) is 15.6. The Bertz CT molecular complexity index is 651. The Balaban J connectivity index is 1.68. The first kappa shape index (κ1) is 18.6. The van der Waals surface area contributed by atoms with Crippen molar-refractivity contribution in [3.05, 3.63) is 23.9 Å². The molecule has 7 nitrogen and oxygen atoms in total. The van der Waals surface area contributed by atoms with Crippen LogP contribution in [0.2, 0.25) is 0 Å². The third-order valence-corrected chi connectivity index (χ3v) is 5.46. The molecule has 1 aromatic rings. The lowest BCUT2D eigenvalue weighted by molar-refractivity contribution is -0.136. The van der Waals surface area contributed by atoms with E-state index in [4.69, 9.17) is 5.73 Å². The lowest BCUT2D eigenvalue weighted by Gasteiger charge is -2.31. The Hall–Kier alpha value is -2.15. The molecule has 1 aromatic heterocycles. The number of hydrogen-bond donors (Lipinski definition) is 1. The number of nitrogens with two attached hydrogens (primary N) is 1. The number of primary amides is 1. The van der Waals surface area contributed by atoms with Crippen LogP contribution in [-0.2, 0) is 4.79 Å². The van der Waals surface area contributed by atoms with E-state index in [1.165, 1.54) is 12.8 Å². The van der Waals surface area contributed by atoms with Gasteiger partial charge in [-0.15, -0.1) is 0 Å². The van der Waals surface area contributed by atoms with Crippen molar-refractivity contribution in [2.75, 3.05) is 44.7 Å². The van der Waals surface area contributed by atoms with Gasteiger partial charge in [0.2, 0.25) is 5.91 Å². The summed E-state index contributed by atoms with van der Waals surface area (Å²) in [6.45, 7) is 3.82. The number of nitrogens with zero attached hydrogens (tertiary/aromatic N) is 4. The summed E-state index contributed by atoms with van der Waals surface area (Å²) in [6.07, 6.45) is 6.98. The van der Waals surface area contributed by atoms with Crippen molar-refractivity contribution in [1.82, 2.24) is 14.8 Å². The lowest BCUT2D eigenvalue weighted by Crippen LogP contribution is -2.48. The van der Waals surface area contributed by atoms with Gasteiger partial charge in [-0.05, 0) is 45.0 Å². The van der Waals surface area contributed by atoms with Gasteiger partial charge in [0.15, 0.2) is 0 Å². The van der Waals surface area contributed by atoms with E-state index in [0.29, 0.717) is 24.5 Å². The zero-order valence-electron chi connectivity index (χ0n) is 15.6. The number of likely N-dealkylation sites (N-methyl/N-ethyl adjacent to an activating group) is 1. The Morgan fingerprint density at radius 1 is 1.08 bits per heavy atom. The van der Waals surface area contributed by atoms with Gasteiger partial charge in [-0.25, -0.2) is 4.98 Å². The maximum atomic E-state index is 13.1. The first-order valence-electron chi connectivity index (χ1n) is 9.56. The van der Waals surface area contributed by atoms with E-state index in [1.54, 1.807) is 18.3 Å². The molecule has 2 amide bonds. The van der Waals surface area contributed by atoms with Crippen LogP contribution in [0.5, 0.6) is 0 Å². The van der Waals surface area contributed by atoms with Crippen molar-refractivity contribution < 1.29 is 9.59 Å². The third-order valence-electron chi connectivity index (χ3n) is 5.46. The van der Waals surface area contributed by atoms with Crippen LogP contribution in [0.15, 0.2) is 18.3 Å². The molecular formula is C19H29N5O2. The van der Waals surface area contributed by atoms with Crippen molar-refractivity contribution in [2.24, 2.45) is 5.73 Å². The molecule has 0 radical (unpaired) electrons. The smallest absolute Gasteiger partial charge is 0.252 e. The number of hydrogen-bond acceptors (Lipinski definition) is 5. The monoisotopic (exact) mass is 359 g/mol. The fourth-order valence-electron chi connectivity index (χ4n) is 3.97. The second-order valence-electron chi connectivity index (χ2n) is 7.25. The van der Waals surface area contributed by atoms with E-state index in [2.05, 4.69) is 21.8 Å². The van der Waals surface area contributed by atoms with E-state index in [0.717, 1.165) is 38.9 Å². The predicted molar refractivity (Wildman–Crippen MR) is 101 cm³/mol. The topological polar surface area (TPSA) is 82.8 Å². The summed E-state index contributed by atoms with van der Waals surface area (Å²) in [5.41, 5.74) is 5.93. The Morgan fingerprint density at radius 2 is 1.92 bits per heavy atom. The zero-order chi connectivity index (χ0) is 18.5. The highest BCUT2D eigenvalue weighted by Crippen LogP contribution is 2.21. The molecule has 1 unspecified atom stereocenters. The fraction of sp³-hybridized carbons (Fsp3) is 0.632. The number of carbonyl (C=O) groups is 2. The van der Waals surface area contributed by atoms with Crippen LogP contribution in [-0.4, -0.2) is 72.4 Å². The molecule has 0 spiro atoms. The third kappa shape index (κ3) is 4.15. The van der Waals surface area contributed by atoms with E-state index in [1.807, 2.05) is 4.90 Å². The van der Waals surface area contributed by atoms with Crippen LogP contribution in [0.1, 0.15) is 42.5 Å². The molecule has 0 aromatic carbocycles. The molecule has 0 bridgehead atoms. The Labute approximate surface area is 155 Å². The molecule has 2 aliphatic rings. The molecule has 2 N–H and O–H groups in total. The molecule has 1 atom stereocenters.